The first-order valence-electron chi connectivity index (χ1n) is 15.3. The molecule has 214 valence electrons. The van der Waals surface area contributed by atoms with E-state index in [1.807, 2.05) is 72.8 Å². The number of aromatic nitrogens is 4. The van der Waals surface area contributed by atoms with E-state index < -0.39 is 0 Å². The molecule has 0 saturated heterocycles. The molecule has 0 aliphatic carbocycles. The van der Waals surface area contributed by atoms with Crippen molar-refractivity contribution in [3.05, 3.63) is 157 Å². The largest absolute Gasteiger partial charge is 0.309 e. The van der Waals surface area contributed by atoms with Crippen molar-refractivity contribution in [1.29, 1.82) is 5.26 Å². The van der Waals surface area contributed by atoms with E-state index in [0.29, 0.717) is 22.9 Å². The van der Waals surface area contributed by atoms with Gasteiger partial charge < -0.3 is 4.57 Å². The summed E-state index contributed by atoms with van der Waals surface area (Å²) >= 11 is 0. The summed E-state index contributed by atoms with van der Waals surface area (Å²) in [6.07, 6.45) is 0. The third-order valence-electron chi connectivity index (χ3n) is 8.78. The van der Waals surface area contributed by atoms with Crippen LogP contribution < -0.4 is 0 Å². The highest BCUT2D eigenvalue weighted by Gasteiger charge is 2.25. The fourth-order valence-corrected chi connectivity index (χ4v) is 6.82. The molecular formula is C41H25N5. The van der Waals surface area contributed by atoms with E-state index in [-0.39, 0.29) is 0 Å². The van der Waals surface area contributed by atoms with Crippen LogP contribution in [0.4, 0.5) is 0 Å². The second-order valence-corrected chi connectivity index (χ2v) is 11.3. The maximum Gasteiger partial charge on any atom is 0.162 e. The highest BCUT2D eigenvalue weighted by Crippen LogP contribution is 2.42. The number of benzene rings is 6. The lowest BCUT2D eigenvalue weighted by Crippen LogP contribution is -2.07. The first-order chi connectivity index (χ1) is 22.8. The van der Waals surface area contributed by atoms with Gasteiger partial charge in [0, 0.05) is 38.4 Å². The third-order valence-corrected chi connectivity index (χ3v) is 8.78. The van der Waals surface area contributed by atoms with E-state index in [0.717, 1.165) is 60.4 Å². The summed E-state index contributed by atoms with van der Waals surface area (Å²) in [5, 5.41) is 15.3. The quantitative estimate of drug-likeness (QED) is 0.206. The Labute approximate surface area is 264 Å². The third kappa shape index (κ3) is 3.81. The molecule has 3 aromatic heterocycles. The lowest BCUT2D eigenvalue weighted by atomic mass is 10.1. The first kappa shape index (κ1) is 25.9. The van der Waals surface area contributed by atoms with Gasteiger partial charge in [0.2, 0.25) is 0 Å². The van der Waals surface area contributed by atoms with Crippen LogP contribution in [0, 0.1) is 11.3 Å². The van der Waals surface area contributed by atoms with E-state index in [4.69, 9.17) is 9.97 Å². The summed E-state index contributed by atoms with van der Waals surface area (Å²) in [5.74, 6) is 1.13. The summed E-state index contributed by atoms with van der Waals surface area (Å²) in [6.45, 7) is 0. The summed E-state index contributed by atoms with van der Waals surface area (Å²) < 4.78 is 4.51. The van der Waals surface area contributed by atoms with Crippen molar-refractivity contribution in [1.82, 2.24) is 19.1 Å². The summed E-state index contributed by atoms with van der Waals surface area (Å²) in [4.78, 5) is 10.2. The molecule has 0 radical (unpaired) electrons. The zero-order valence-electron chi connectivity index (χ0n) is 24.7. The van der Waals surface area contributed by atoms with E-state index >= 15 is 0 Å². The molecule has 3 heterocycles. The second kappa shape index (κ2) is 10.3. The Hall–Kier alpha value is -6.51. The fourth-order valence-electron chi connectivity index (χ4n) is 6.82. The number of hydrogen-bond acceptors (Lipinski definition) is 3. The van der Waals surface area contributed by atoms with E-state index in [9.17, 15) is 5.26 Å². The molecule has 0 atom stereocenters. The maximum absolute atomic E-state index is 10.9. The molecule has 0 fully saturated rings. The smallest absolute Gasteiger partial charge is 0.162 e. The van der Waals surface area contributed by atoms with Crippen LogP contribution >= 0.6 is 0 Å². The van der Waals surface area contributed by atoms with Crippen LogP contribution in [0.25, 0.3) is 77.8 Å². The molecule has 46 heavy (non-hydrogen) atoms. The molecule has 0 amide bonds. The van der Waals surface area contributed by atoms with Gasteiger partial charge in [0.25, 0.3) is 0 Å². The topological polar surface area (TPSA) is 59.4 Å². The number of hydrogen-bond donors (Lipinski definition) is 0. The predicted molar refractivity (Wildman–Crippen MR) is 186 cm³/mol. The highest BCUT2D eigenvalue weighted by molar-refractivity contribution is 6.26. The minimum absolute atomic E-state index is 0.428. The standard InChI is InChI=1S/C41H25N5/c42-26-33-38(27-14-4-1-5-15-27)43-40(28-16-6-2-7-17-28)44-41(33)46-34-22-12-10-20-30(34)31-24-25-36-37(39(31)46)32-21-11-13-23-35(32)45(36)29-18-8-3-9-19-29/h1-25H. The average Bonchev–Trinajstić information content (AvgIpc) is 3.65. The Bertz CT molecular complexity index is 2630. The minimum atomic E-state index is 0.428. The summed E-state index contributed by atoms with van der Waals surface area (Å²) in [7, 11) is 0. The van der Waals surface area contributed by atoms with Gasteiger partial charge in [-0.15, -0.1) is 0 Å². The summed E-state index contributed by atoms with van der Waals surface area (Å²) in [6, 6.07) is 54.3. The van der Waals surface area contributed by atoms with Crippen molar-refractivity contribution in [2.45, 2.75) is 0 Å². The van der Waals surface area contributed by atoms with Crippen molar-refractivity contribution in [2.24, 2.45) is 0 Å². The Morgan fingerprint density at radius 3 is 1.76 bits per heavy atom. The van der Waals surface area contributed by atoms with Crippen LogP contribution in [0.2, 0.25) is 0 Å². The zero-order valence-corrected chi connectivity index (χ0v) is 24.7. The van der Waals surface area contributed by atoms with Gasteiger partial charge in [-0.25, -0.2) is 9.97 Å². The first-order valence-corrected chi connectivity index (χ1v) is 15.3. The lowest BCUT2D eigenvalue weighted by molar-refractivity contribution is 1.04. The van der Waals surface area contributed by atoms with Crippen LogP contribution in [-0.2, 0) is 0 Å². The molecule has 0 spiro atoms. The van der Waals surface area contributed by atoms with E-state index in [1.54, 1.807) is 0 Å². The molecule has 0 unspecified atom stereocenters. The van der Waals surface area contributed by atoms with Crippen LogP contribution in [-0.4, -0.2) is 19.1 Å². The fraction of sp³-hybridized carbons (Fsp3) is 0. The van der Waals surface area contributed by atoms with E-state index in [1.165, 1.54) is 0 Å². The van der Waals surface area contributed by atoms with Crippen molar-refractivity contribution in [2.75, 3.05) is 0 Å². The van der Waals surface area contributed by atoms with Gasteiger partial charge in [0.05, 0.1) is 27.8 Å². The zero-order chi connectivity index (χ0) is 30.6. The van der Waals surface area contributed by atoms with Gasteiger partial charge in [-0.3, -0.25) is 4.57 Å². The number of fused-ring (bicyclic) bond motifs is 7. The van der Waals surface area contributed by atoms with Gasteiger partial charge in [-0.05, 0) is 30.3 Å². The molecule has 0 saturated carbocycles. The van der Waals surface area contributed by atoms with Gasteiger partial charge >= 0.3 is 0 Å². The molecule has 9 aromatic rings. The van der Waals surface area contributed by atoms with Crippen LogP contribution in [0.15, 0.2) is 152 Å². The maximum atomic E-state index is 10.9. The second-order valence-electron chi connectivity index (χ2n) is 11.3. The van der Waals surface area contributed by atoms with Crippen LogP contribution in [0.3, 0.4) is 0 Å². The molecule has 0 N–H and O–H groups in total. The Kier molecular flexibility index (Phi) is 5.81. The molecule has 6 aromatic carbocycles. The molecule has 0 aliphatic heterocycles. The SMILES string of the molecule is N#Cc1c(-c2ccccc2)nc(-c2ccccc2)nc1-n1c2ccccc2c2ccc3c(c4ccccc4n3-c3ccccc3)c21. The van der Waals surface area contributed by atoms with Gasteiger partial charge in [0.1, 0.15) is 11.6 Å². The minimum Gasteiger partial charge on any atom is -0.309 e. The van der Waals surface area contributed by atoms with Gasteiger partial charge in [0.15, 0.2) is 11.6 Å². The van der Waals surface area contributed by atoms with Crippen molar-refractivity contribution in [3.8, 4) is 40.2 Å². The summed E-state index contributed by atoms with van der Waals surface area (Å²) in [5.41, 5.74) is 8.08. The number of nitrogens with zero attached hydrogens (tertiary/aromatic N) is 5. The van der Waals surface area contributed by atoms with Crippen LogP contribution in [0.5, 0.6) is 0 Å². The highest BCUT2D eigenvalue weighted by atomic mass is 15.1. The molecule has 0 aliphatic rings. The van der Waals surface area contributed by atoms with Gasteiger partial charge in [-0.2, -0.15) is 5.26 Å². The number of rotatable bonds is 4. The molecule has 0 bridgehead atoms. The Morgan fingerprint density at radius 2 is 1.07 bits per heavy atom. The number of para-hydroxylation sites is 3. The Balaban J connectivity index is 1.50. The lowest BCUT2D eigenvalue weighted by Gasteiger charge is -2.15. The van der Waals surface area contributed by atoms with Gasteiger partial charge in [-0.1, -0.05) is 121 Å². The normalized spacial score (nSPS) is 11.5. The molecule has 9 rings (SSSR count). The average molecular weight is 588 g/mol. The van der Waals surface area contributed by atoms with Crippen molar-refractivity contribution < 1.29 is 0 Å². The van der Waals surface area contributed by atoms with Crippen LogP contribution in [0.1, 0.15) is 5.56 Å². The molecule has 5 heteroatoms. The monoisotopic (exact) mass is 587 g/mol. The number of nitriles is 1. The Morgan fingerprint density at radius 1 is 0.478 bits per heavy atom. The predicted octanol–water partition coefficient (Wildman–Crippen LogP) is 9.88. The molecule has 5 nitrogen and oxygen atoms in total. The van der Waals surface area contributed by atoms with Crippen molar-refractivity contribution in [3.63, 3.8) is 0 Å². The van der Waals surface area contributed by atoms with Crippen molar-refractivity contribution >= 4 is 43.6 Å². The molecular weight excluding hydrogens is 562 g/mol. The van der Waals surface area contributed by atoms with E-state index in [2.05, 4.69) is 94.1 Å².